The zero-order valence-electron chi connectivity index (χ0n) is 18.4. The van der Waals surface area contributed by atoms with Crippen LogP contribution in [-0.4, -0.2) is 0 Å². The van der Waals surface area contributed by atoms with E-state index in [1.807, 2.05) is 0 Å². The summed E-state index contributed by atoms with van der Waals surface area (Å²) in [4.78, 5) is 0. The summed E-state index contributed by atoms with van der Waals surface area (Å²) in [5, 5.41) is 0. The van der Waals surface area contributed by atoms with E-state index >= 15 is 0 Å². The number of fused-ring (bicyclic) bond motifs is 3. The Balaban J connectivity index is 2.00. The molecule has 0 aliphatic heterocycles. The third-order valence-electron chi connectivity index (χ3n) is 6.30. The first kappa shape index (κ1) is 20.1. The molecular weight excluding hydrogens is 416 g/mol. The van der Waals surface area contributed by atoms with Crippen molar-refractivity contribution >= 4 is 8.84 Å². The van der Waals surface area contributed by atoms with Gasteiger partial charge in [-0.1, -0.05) is 0 Å². The molecular formula is C27H31Zr. The van der Waals surface area contributed by atoms with E-state index in [0.717, 1.165) is 12.8 Å². The average Bonchev–Trinajstić information content (AvgIpc) is 3.22. The second-order valence-electron chi connectivity index (χ2n) is 10.5. The molecule has 2 aromatic carbocycles. The molecule has 0 spiro atoms. The predicted octanol–water partition coefficient (Wildman–Crippen LogP) is 6.68. The van der Waals surface area contributed by atoms with Crippen LogP contribution in [0.1, 0.15) is 81.3 Å². The van der Waals surface area contributed by atoms with E-state index in [1.54, 1.807) is 39.1 Å². The van der Waals surface area contributed by atoms with Crippen molar-refractivity contribution < 1.29 is 24.7 Å². The molecule has 0 bridgehead atoms. The van der Waals surface area contributed by atoms with Crippen molar-refractivity contribution in [3.8, 4) is 11.1 Å². The van der Waals surface area contributed by atoms with Gasteiger partial charge in [0, 0.05) is 0 Å². The van der Waals surface area contributed by atoms with Gasteiger partial charge in [-0.2, -0.15) is 0 Å². The van der Waals surface area contributed by atoms with Gasteiger partial charge < -0.3 is 0 Å². The Hall–Kier alpha value is -1.20. The Morgan fingerprint density at radius 1 is 0.929 bits per heavy atom. The molecule has 143 valence electrons. The number of hydrogen-bond donors (Lipinski definition) is 0. The van der Waals surface area contributed by atoms with E-state index in [9.17, 15) is 0 Å². The van der Waals surface area contributed by atoms with Gasteiger partial charge in [0.25, 0.3) is 0 Å². The summed E-state index contributed by atoms with van der Waals surface area (Å²) >= 11 is 1.54. The molecule has 2 aromatic rings. The van der Waals surface area contributed by atoms with Crippen LogP contribution in [-0.2, 0) is 42.0 Å². The number of hydrogen-bond acceptors (Lipinski definition) is 0. The zero-order valence-corrected chi connectivity index (χ0v) is 20.8. The second kappa shape index (κ2) is 6.66. The maximum absolute atomic E-state index is 2.47. The number of allylic oxidation sites excluding steroid dienone is 4. The van der Waals surface area contributed by atoms with E-state index < -0.39 is 0 Å². The van der Waals surface area contributed by atoms with Gasteiger partial charge in [-0.05, 0) is 0 Å². The van der Waals surface area contributed by atoms with Crippen LogP contribution < -0.4 is 3.27 Å². The molecule has 0 aromatic heterocycles. The summed E-state index contributed by atoms with van der Waals surface area (Å²) in [5.74, 6) is 0. The Bertz CT molecular complexity index is 1030. The van der Waals surface area contributed by atoms with Crippen LogP contribution in [0.4, 0.5) is 0 Å². The van der Waals surface area contributed by atoms with Crippen LogP contribution in [0.15, 0.2) is 36.4 Å². The van der Waals surface area contributed by atoms with Crippen LogP contribution in [0.3, 0.4) is 0 Å². The third kappa shape index (κ3) is 3.15. The first-order valence-electron chi connectivity index (χ1n) is 10.4. The molecule has 0 fully saturated rings. The van der Waals surface area contributed by atoms with Crippen molar-refractivity contribution in [3.63, 3.8) is 0 Å². The van der Waals surface area contributed by atoms with Crippen LogP contribution >= 0.6 is 0 Å². The van der Waals surface area contributed by atoms with Gasteiger partial charge in [-0.3, -0.25) is 0 Å². The van der Waals surface area contributed by atoms with Gasteiger partial charge in [0.15, 0.2) is 0 Å². The predicted molar refractivity (Wildman–Crippen MR) is 118 cm³/mol. The molecule has 0 amide bonds. The Labute approximate surface area is 186 Å². The molecule has 0 saturated heterocycles. The molecule has 0 unspecified atom stereocenters. The number of rotatable bonds is 1. The monoisotopic (exact) mass is 445 g/mol. The van der Waals surface area contributed by atoms with Crippen molar-refractivity contribution in [1.29, 1.82) is 0 Å². The molecule has 0 N–H and O–H groups in total. The van der Waals surface area contributed by atoms with Gasteiger partial charge in [-0.15, -0.1) is 0 Å². The summed E-state index contributed by atoms with van der Waals surface area (Å²) in [6, 6.07) is 7.22. The van der Waals surface area contributed by atoms with Gasteiger partial charge in [0.1, 0.15) is 0 Å². The minimum absolute atomic E-state index is 0.155. The quantitative estimate of drug-likeness (QED) is 0.391. The molecule has 0 atom stereocenters. The molecule has 0 heterocycles. The Kier molecular flexibility index (Phi) is 4.78. The van der Waals surface area contributed by atoms with Gasteiger partial charge in [-0.25, -0.2) is 0 Å². The van der Waals surface area contributed by atoms with Crippen LogP contribution in [0.5, 0.6) is 0 Å². The fourth-order valence-electron chi connectivity index (χ4n) is 4.91. The van der Waals surface area contributed by atoms with E-state index in [1.165, 1.54) is 39.0 Å². The molecule has 0 radical (unpaired) electrons. The van der Waals surface area contributed by atoms with Crippen LogP contribution in [0.2, 0.25) is 0 Å². The molecule has 2 aliphatic rings. The summed E-state index contributed by atoms with van der Waals surface area (Å²) < 4.78 is 1.59. The van der Waals surface area contributed by atoms with Crippen molar-refractivity contribution in [2.24, 2.45) is 0 Å². The topological polar surface area (TPSA) is 0 Å². The first-order valence-corrected chi connectivity index (χ1v) is 11.6. The first-order chi connectivity index (χ1) is 13.0. The van der Waals surface area contributed by atoms with Crippen molar-refractivity contribution in [1.82, 2.24) is 0 Å². The van der Waals surface area contributed by atoms with E-state index in [2.05, 4.69) is 84.9 Å². The van der Waals surface area contributed by atoms with Crippen molar-refractivity contribution in [2.75, 3.05) is 0 Å². The molecule has 2 aliphatic carbocycles. The zero-order chi connectivity index (χ0) is 20.4. The fraction of sp³-hybridized carbons (Fsp3) is 0.407. The minimum atomic E-state index is 0.155. The van der Waals surface area contributed by atoms with Crippen molar-refractivity contribution in [2.45, 2.75) is 72.1 Å². The Morgan fingerprint density at radius 3 is 2.21 bits per heavy atom. The van der Waals surface area contributed by atoms with E-state index in [4.69, 9.17) is 0 Å². The average molecular weight is 447 g/mol. The second-order valence-corrected chi connectivity index (χ2v) is 11.7. The van der Waals surface area contributed by atoms with Gasteiger partial charge in [0.2, 0.25) is 0 Å². The molecule has 1 heteroatoms. The fourth-order valence-corrected chi connectivity index (χ4v) is 6.66. The summed E-state index contributed by atoms with van der Waals surface area (Å²) in [6.07, 6.45) is 9.00. The SMILES string of the molecule is Cc1c(C2=CC=CC2)c(C(C)(C)C)[c]([Zr])c2c1-c1ccc(C(C)(C)C)cc1C2. The van der Waals surface area contributed by atoms with Crippen LogP contribution in [0, 0.1) is 6.92 Å². The maximum atomic E-state index is 2.47. The summed E-state index contributed by atoms with van der Waals surface area (Å²) in [5.41, 5.74) is 14.0. The molecule has 0 saturated carbocycles. The van der Waals surface area contributed by atoms with Crippen molar-refractivity contribution in [3.05, 3.63) is 69.8 Å². The molecule has 4 rings (SSSR count). The van der Waals surface area contributed by atoms with Crippen LogP contribution in [0.25, 0.3) is 16.7 Å². The number of benzene rings is 2. The Morgan fingerprint density at radius 2 is 1.64 bits per heavy atom. The van der Waals surface area contributed by atoms with E-state index in [-0.39, 0.29) is 10.8 Å². The summed E-state index contributed by atoms with van der Waals surface area (Å²) in [6.45, 7) is 16.5. The van der Waals surface area contributed by atoms with Gasteiger partial charge in [0.05, 0.1) is 0 Å². The van der Waals surface area contributed by atoms with Gasteiger partial charge >= 0.3 is 187 Å². The molecule has 28 heavy (non-hydrogen) atoms. The van der Waals surface area contributed by atoms with E-state index in [0.29, 0.717) is 0 Å². The summed E-state index contributed by atoms with van der Waals surface area (Å²) in [7, 11) is 0. The normalized spacial score (nSPS) is 15.6. The molecule has 0 nitrogen and oxygen atoms in total. The standard InChI is InChI=1S/C27H31.Zr/c1-17-24-20(14-19-15-21(26(2,3)4)12-13-22(19)24)16-23(27(5,6)7)25(17)18-10-8-9-11-18;/h8-10,12-13,15H,11,14H2,1-7H3;. The third-order valence-corrected chi connectivity index (χ3v) is 7.66.